The van der Waals surface area contributed by atoms with Crippen LogP contribution in [0.15, 0.2) is 24.3 Å². The molecule has 0 bridgehead atoms. The van der Waals surface area contributed by atoms with E-state index in [9.17, 15) is 14.0 Å². The normalized spacial score (nSPS) is 22.7. The highest BCUT2D eigenvalue weighted by atomic mass is 19.1. The van der Waals surface area contributed by atoms with E-state index < -0.39 is 5.60 Å². The lowest BCUT2D eigenvalue weighted by molar-refractivity contribution is -0.134. The van der Waals surface area contributed by atoms with Gasteiger partial charge in [-0.15, -0.1) is 0 Å². The molecule has 1 saturated heterocycles. The van der Waals surface area contributed by atoms with E-state index in [-0.39, 0.29) is 29.7 Å². The minimum atomic E-state index is -0.494. The van der Waals surface area contributed by atoms with Gasteiger partial charge in [0, 0.05) is 32.6 Å². The Hall–Kier alpha value is -2.11. The molecule has 0 spiro atoms. The zero-order valence-corrected chi connectivity index (χ0v) is 17.3. The van der Waals surface area contributed by atoms with Crippen molar-refractivity contribution in [3.63, 3.8) is 0 Å². The second kappa shape index (κ2) is 8.10. The second-order valence-corrected chi connectivity index (χ2v) is 9.13. The summed E-state index contributed by atoms with van der Waals surface area (Å²) in [5, 5.41) is 0. The Kier molecular flexibility index (Phi) is 5.96. The smallest absolute Gasteiger partial charge is 0.410 e. The standard InChI is InChI=1S/C22H31FN2O3/c1-22(2,3)28-21(27)24(4)14-15-9-11-25(12-10-15)20(26)19-13-18(19)16-5-7-17(23)8-6-16/h5-8,15,18-19H,9-14H2,1-4H3. The van der Waals surface area contributed by atoms with Crippen molar-refractivity contribution in [3.05, 3.63) is 35.6 Å². The van der Waals surface area contributed by atoms with Crippen molar-refractivity contribution in [3.8, 4) is 0 Å². The molecule has 5 nitrogen and oxygen atoms in total. The van der Waals surface area contributed by atoms with E-state index in [0.29, 0.717) is 12.5 Å². The van der Waals surface area contributed by atoms with Gasteiger partial charge in [-0.05, 0) is 69.6 Å². The lowest BCUT2D eigenvalue weighted by Gasteiger charge is -2.34. The molecule has 1 aliphatic carbocycles. The van der Waals surface area contributed by atoms with E-state index in [1.54, 1.807) is 24.1 Å². The van der Waals surface area contributed by atoms with Crippen molar-refractivity contribution >= 4 is 12.0 Å². The Morgan fingerprint density at radius 1 is 1.18 bits per heavy atom. The molecule has 6 heteroatoms. The van der Waals surface area contributed by atoms with Crippen LogP contribution < -0.4 is 0 Å². The average Bonchev–Trinajstić information content (AvgIpc) is 3.41. The van der Waals surface area contributed by atoms with Gasteiger partial charge >= 0.3 is 6.09 Å². The van der Waals surface area contributed by atoms with Crippen LogP contribution in [0.4, 0.5) is 9.18 Å². The van der Waals surface area contributed by atoms with E-state index in [0.717, 1.165) is 37.9 Å². The number of likely N-dealkylation sites (tertiary alicyclic amines) is 1. The fourth-order valence-corrected chi connectivity index (χ4v) is 3.92. The van der Waals surface area contributed by atoms with Crippen LogP contribution in [-0.4, -0.2) is 54.1 Å². The number of ether oxygens (including phenoxy) is 1. The maximum absolute atomic E-state index is 13.1. The van der Waals surface area contributed by atoms with Gasteiger partial charge < -0.3 is 14.5 Å². The molecule has 1 aromatic rings. The van der Waals surface area contributed by atoms with Gasteiger partial charge in [-0.3, -0.25) is 4.79 Å². The molecule has 0 radical (unpaired) electrons. The molecule has 1 saturated carbocycles. The number of carbonyl (C=O) groups is 2. The number of amides is 2. The lowest BCUT2D eigenvalue weighted by Crippen LogP contribution is -2.43. The predicted molar refractivity (Wildman–Crippen MR) is 105 cm³/mol. The lowest BCUT2D eigenvalue weighted by atomic mass is 9.96. The number of benzene rings is 1. The molecule has 1 aliphatic heterocycles. The number of halogens is 1. The zero-order chi connectivity index (χ0) is 20.5. The van der Waals surface area contributed by atoms with Crippen LogP contribution in [0.3, 0.4) is 0 Å². The molecule has 2 amide bonds. The SMILES string of the molecule is CN(CC1CCN(C(=O)C2CC2c2ccc(F)cc2)CC1)C(=O)OC(C)(C)C. The summed E-state index contributed by atoms with van der Waals surface area (Å²) >= 11 is 0. The first-order valence-corrected chi connectivity index (χ1v) is 10.1. The number of hydrogen-bond donors (Lipinski definition) is 0. The molecular weight excluding hydrogens is 359 g/mol. The molecule has 0 aromatic heterocycles. The fraction of sp³-hybridized carbons (Fsp3) is 0.636. The van der Waals surface area contributed by atoms with Crippen molar-refractivity contribution in [1.29, 1.82) is 0 Å². The van der Waals surface area contributed by atoms with Crippen LogP contribution in [0.5, 0.6) is 0 Å². The Morgan fingerprint density at radius 3 is 2.36 bits per heavy atom. The van der Waals surface area contributed by atoms with Gasteiger partial charge in [0.15, 0.2) is 0 Å². The van der Waals surface area contributed by atoms with E-state index in [1.165, 1.54) is 12.1 Å². The highest BCUT2D eigenvalue weighted by molar-refractivity contribution is 5.83. The minimum Gasteiger partial charge on any atom is -0.444 e. The van der Waals surface area contributed by atoms with Crippen molar-refractivity contribution in [1.82, 2.24) is 9.80 Å². The maximum Gasteiger partial charge on any atom is 0.410 e. The Bertz CT molecular complexity index is 705. The quantitative estimate of drug-likeness (QED) is 0.780. The molecule has 1 aromatic carbocycles. The highest BCUT2D eigenvalue weighted by Gasteiger charge is 2.46. The molecule has 3 rings (SSSR count). The van der Waals surface area contributed by atoms with Crippen molar-refractivity contribution in [2.75, 3.05) is 26.7 Å². The summed E-state index contributed by atoms with van der Waals surface area (Å²) in [6.07, 6.45) is 2.34. The number of nitrogens with zero attached hydrogens (tertiary/aromatic N) is 2. The predicted octanol–water partition coefficient (Wildman–Crippen LogP) is 4.03. The molecule has 1 heterocycles. The molecule has 0 N–H and O–H groups in total. The monoisotopic (exact) mass is 390 g/mol. The van der Waals surface area contributed by atoms with Crippen LogP contribution in [0, 0.1) is 17.7 Å². The Balaban J connectivity index is 1.43. The first kappa shape index (κ1) is 20.6. The van der Waals surface area contributed by atoms with Gasteiger partial charge in [0.2, 0.25) is 5.91 Å². The fourth-order valence-electron chi connectivity index (χ4n) is 3.92. The third-order valence-corrected chi connectivity index (χ3v) is 5.57. The molecule has 2 fully saturated rings. The van der Waals surface area contributed by atoms with Crippen LogP contribution in [0.2, 0.25) is 0 Å². The van der Waals surface area contributed by atoms with Gasteiger partial charge in [-0.2, -0.15) is 0 Å². The first-order chi connectivity index (χ1) is 13.1. The average molecular weight is 390 g/mol. The Morgan fingerprint density at radius 2 is 1.79 bits per heavy atom. The zero-order valence-electron chi connectivity index (χ0n) is 17.3. The van der Waals surface area contributed by atoms with Crippen molar-refractivity contribution in [2.45, 2.75) is 51.6 Å². The maximum atomic E-state index is 13.1. The summed E-state index contributed by atoms with van der Waals surface area (Å²) in [4.78, 5) is 28.5. The van der Waals surface area contributed by atoms with Crippen LogP contribution in [0.25, 0.3) is 0 Å². The van der Waals surface area contributed by atoms with Gasteiger partial charge in [-0.25, -0.2) is 9.18 Å². The second-order valence-electron chi connectivity index (χ2n) is 9.13. The van der Waals surface area contributed by atoms with Crippen LogP contribution in [0.1, 0.15) is 51.5 Å². The topological polar surface area (TPSA) is 49.9 Å². The molecular formula is C22H31FN2O3. The van der Waals surface area contributed by atoms with Gasteiger partial charge in [0.05, 0.1) is 0 Å². The molecule has 2 atom stereocenters. The number of piperidine rings is 1. The van der Waals surface area contributed by atoms with Crippen molar-refractivity contribution in [2.24, 2.45) is 11.8 Å². The van der Waals surface area contributed by atoms with Gasteiger partial charge in [0.1, 0.15) is 11.4 Å². The summed E-state index contributed by atoms with van der Waals surface area (Å²) < 4.78 is 18.5. The van der Waals surface area contributed by atoms with Gasteiger partial charge in [0.25, 0.3) is 0 Å². The number of rotatable bonds is 4. The summed E-state index contributed by atoms with van der Waals surface area (Å²) in [7, 11) is 1.77. The van der Waals surface area contributed by atoms with Crippen LogP contribution in [-0.2, 0) is 9.53 Å². The Labute approximate surface area is 166 Å². The van der Waals surface area contributed by atoms with Crippen LogP contribution >= 0.6 is 0 Å². The molecule has 2 aliphatic rings. The van der Waals surface area contributed by atoms with Gasteiger partial charge in [-0.1, -0.05) is 12.1 Å². The van der Waals surface area contributed by atoms with E-state index in [2.05, 4.69) is 0 Å². The third-order valence-electron chi connectivity index (χ3n) is 5.57. The first-order valence-electron chi connectivity index (χ1n) is 10.1. The van der Waals surface area contributed by atoms with E-state index in [1.807, 2.05) is 25.7 Å². The summed E-state index contributed by atoms with van der Waals surface area (Å²) in [5.41, 5.74) is 0.556. The molecule has 28 heavy (non-hydrogen) atoms. The molecule has 154 valence electrons. The van der Waals surface area contributed by atoms with E-state index in [4.69, 9.17) is 4.74 Å². The third kappa shape index (κ3) is 5.24. The number of carbonyl (C=O) groups excluding carboxylic acids is 2. The van der Waals surface area contributed by atoms with E-state index >= 15 is 0 Å². The number of hydrogen-bond acceptors (Lipinski definition) is 3. The highest BCUT2D eigenvalue weighted by Crippen LogP contribution is 2.48. The largest absolute Gasteiger partial charge is 0.444 e. The minimum absolute atomic E-state index is 0.0337. The summed E-state index contributed by atoms with van der Waals surface area (Å²) in [6.45, 7) is 7.70. The molecule has 2 unspecified atom stereocenters. The summed E-state index contributed by atoms with van der Waals surface area (Å²) in [5.74, 6) is 0.614. The summed E-state index contributed by atoms with van der Waals surface area (Å²) in [6, 6.07) is 6.49. The van der Waals surface area contributed by atoms with Crippen molar-refractivity contribution < 1.29 is 18.7 Å².